The summed E-state index contributed by atoms with van der Waals surface area (Å²) in [7, 11) is 0. The van der Waals surface area contributed by atoms with E-state index in [0.29, 0.717) is 6.42 Å². The topological polar surface area (TPSA) is 55.4 Å². The largest absolute Gasteiger partial charge is 0.455 e. The molecule has 1 atom stereocenters. The minimum absolute atomic E-state index is 0.338. The minimum Gasteiger partial charge on any atom is -0.455 e. The van der Waals surface area contributed by atoms with Gasteiger partial charge in [0.05, 0.1) is 0 Å². The summed E-state index contributed by atoms with van der Waals surface area (Å²) in [4.78, 5) is 23.8. The smallest absolute Gasteiger partial charge is 0.315 e. The number of aryl methyl sites for hydroxylation is 2. The summed E-state index contributed by atoms with van der Waals surface area (Å²) >= 11 is 11.8. The third kappa shape index (κ3) is 2.82. The molecule has 1 aromatic carbocycles. The zero-order valence-electron chi connectivity index (χ0n) is 12.2. The lowest BCUT2D eigenvalue weighted by atomic mass is 10.1. The number of esters is 1. The van der Waals surface area contributed by atoms with E-state index in [2.05, 4.69) is 5.32 Å². The highest BCUT2D eigenvalue weighted by molar-refractivity contribution is 6.53. The van der Waals surface area contributed by atoms with Gasteiger partial charge in [0.15, 0.2) is 6.61 Å². The number of benzene rings is 1. The molecule has 1 N–H and O–H groups in total. The molecule has 0 radical (unpaired) electrons. The molecular formula is C16H17Cl2NO3. The van der Waals surface area contributed by atoms with Gasteiger partial charge in [0.25, 0.3) is 5.91 Å². The molecule has 3 rings (SSSR count). The van der Waals surface area contributed by atoms with Crippen molar-refractivity contribution in [1.29, 1.82) is 0 Å². The van der Waals surface area contributed by atoms with E-state index in [9.17, 15) is 9.59 Å². The predicted octanol–water partition coefficient (Wildman–Crippen LogP) is 3.24. The molecule has 0 unspecified atom stereocenters. The number of hydrogen-bond donors (Lipinski definition) is 1. The first-order chi connectivity index (χ1) is 10.3. The highest BCUT2D eigenvalue weighted by Gasteiger charge is 2.69. The number of ether oxygens (including phenoxy) is 1. The minimum atomic E-state index is -1.08. The molecule has 0 heterocycles. The third-order valence-electron chi connectivity index (χ3n) is 4.42. The number of hydrogen-bond acceptors (Lipinski definition) is 3. The number of fused-ring (bicyclic) bond motifs is 1. The van der Waals surface area contributed by atoms with Crippen molar-refractivity contribution >= 4 is 40.8 Å². The maximum Gasteiger partial charge on any atom is 0.315 e. The van der Waals surface area contributed by atoms with Gasteiger partial charge in [-0.25, -0.2) is 0 Å². The van der Waals surface area contributed by atoms with Gasteiger partial charge < -0.3 is 10.1 Å². The highest BCUT2D eigenvalue weighted by atomic mass is 35.5. The number of anilines is 1. The first kappa shape index (κ1) is 15.6. The van der Waals surface area contributed by atoms with Gasteiger partial charge in [-0.3, -0.25) is 9.59 Å². The zero-order chi connectivity index (χ0) is 16.0. The Morgan fingerprint density at radius 2 is 1.95 bits per heavy atom. The number of amides is 1. The Labute approximate surface area is 139 Å². The molecule has 0 aromatic heterocycles. The summed E-state index contributed by atoms with van der Waals surface area (Å²) in [5.41, 5.74) is 2.42. The van der Waals surface area contributed by atoms with Crippen LogP contribution in [0.15, 0.2) is 18.2 Å². The summed E-state index contributed by atoms with van der Waals surface area (Å²) in [6.45, 7) is 1.29. The Kier molecular flexibility index (Phi) is 3.86. The van der Waals surface area contributed by atoms with Crippen LogP contribution >= 0.6 is 23.2 Å². The molecule has 0 spiro atoms. The van der Waals surface area contributed by atoms with Crippen LogP contribution in [0.3, 0.4) is 0 Å². The Balaban J connectivity index is 1.52. The predicted molar refractivity (Wildman–Crippen MR) is 85.2 cm³/mol. The molecule has 1 aromatic rings. The molecule has 2 aliphatic rings. The molecule has 22 heavy (non-hydrogen) atoms. The number of rotatable bonds is 4. The van der Waals surface area contributed by atoms with Crippen molar-refractivity contribution < 1.29 is 14.3 Å². The van der Waals surface area contributed by atoms with Crippen molar-refractivity contribution in [3.8, 4) is 0 Å². The Morgan fingerprint density at radius 3 is 2.64 bits per heavy atom. The van der Waals surface area contributed by atoms with Crippen LogP contribution < -0.4 is 5.32 Å². The van der Waals surface area contributed by atoms with Crippen LogP contribution in [0.2, 0.25) is 0 Å². The van der Waals surface area contributed by atoms with E-state index < -0.39 is 15.7 Å². The van der Waals surface area contributed by atoms with Gasteiger partial charge in [-0.2, -0.15) is 0 Å². The number of nitrogens with one attached hydrogen (secondary N) is 1. The van der Waals surface area contributed by atoms with Crippen molar-refractivity contribution in [2.75, 3.05) is 11.9 Å². The summed E-state index contributed by atoms with van der Waals surface area (Å²) in [5, 5.41) is 2.74. The van der Waals surface area contributed by atoms with E-state index in [0.717, 1.165) is 24.9 Å². The lowest BCUT2D eigenvalue weighted by molar-refractivity contribution is -0.152. The monoisotopic (exact) mass is 341 g/mol. The lowest BCUT2D eigenvalue weighted by Gasteiger charge is -2.12. The molecule has 118 valence electrons. The number of alkyl halides is 2. The standard InChI is InChI=1S/C16H17Cl2NO3/c1-15(9-16(15,17)18)14(21)22-8-13(20)19-12-6-5-10-3-2-4-11(10)7-12/h5-7H,2-4,8-9H2,1H3,(H,19,20)/t15-/m1/s1. The van der Waals surface area contributed by atoms with Gasteiger partial charge in [0.2, 0.25) is 0 Å². The molecule has 0 bridgehead atoms. The van der Waals surface area contributed by atoms with Gasteiger partial charge in [-0.05, 0) is 49.4 Å². The first-order valence-corrected chi connectivity index (χ1v) is 8.04. The van der Waals surface area contributed by atoms with Crippen molar-refractivity contribution in [3.63, 3.8) is 0 Å². The highest BCUT2D eigenvalue weighted by Crippen LogP contribution is 2.64. The van der Waals surface area contributed by atoms with Gasteiger partial charge in [0, 0.05) is 12.1 Å². The van der Waals surface area contributed by atoms with Gasteiger partial charge in [0.1, 0.15) is 9.75 Å². The lowest BCUT2D eigenvalue weighted by Crippen LogP contribution is -2.26. The average Bonchev–Trinajstić information content (AvgIpc) is 2.82. The van der Waals surface area contributed by atoms with E-state index in [-0.39, 0.29) is 12.5 Å². The fraction of sp³-hybridized carbons (Fsp3) is 0.500. The number of carbonyl (C=O) groups excluding carboxylic acids is 2. The molecule has 1 fully saturated rings. The Bertz CT molecular complexity index is 644. The number of carbonyl (C=O) groups is 2. The summed E-state index contributed by atoms with van der Waals surface area (Å²) < 4.78 is 3.93. The van der Waals surface area contributed by atoms with E-state index in [1.165, 1.54) is 11.1 Å². The van der Waals surface area contributed by atoms with Crippen LogP contribution in [-0.4, -0.2) is 22.8 Å². The summed E-state index contributed by atoms with van der Waals surface area (Å²) in [5.74, 6) is -0.910. The van der Waals surface area contributed by atoms with Gasteiger partial charge in [-0.1, -0.05) is 6.07 Å². The molecule has 2 aliphatic carbocycles. The molecule has 0 saturated heterocycles. The van der Waals surface area contributed by atoms with Gasteiger partial charge in [-0.15, -0.1) is 23.2 Å². The molecule has 6 heteroatoms. The molecule has 0 aliphatic heterocycles. The average molecular weight is 342 g/mol. The van der Waals surface area contributed by atoms with E-state index >= 15 is 0 Å². The van der Waals surface area contributed by atoms with Gasteiger partial charge >= 0.3 is 5.97 Å². The van der Waals surface area contributed by atoms with Crippen LogP contribution in [0.1, 0.15) is 30.9 Å². The maximum absolute atomic E-state index is 11.9. The van der Waals surface area contributed by atoms with E-state index in [1.54, 1.807) is 6.92 Å². The summed E-state index contributed by atoms with van der Waals surface area (Å²) in [6.07, 6.45) is 3.63. The third-order valence-corrected chi connectivity index (χ3v) is 5.53. The normalized spacial score (nSPS) is 24.5. The number of halogens is 2. The van der Waals surface area contributed by atoms with E-state index in [1.807, 2.05) is 18.2 Å². The maximum atomic E-state index is 11.9. The van der Waals surface area contributed by atoms with Crippen molar-refractivity contribution in [1.82, 2.24) is 0 Å². The Hall–Kier alpha value is -1.26. The fourth-order valence-electron chi connectivity index (χ4n) is 2.76. The molecular weight excluding hydrogens is 325 g/mol. The van der Waals surface area contributed by atoms with Crippen LogP contribution in [0, 0.1) is 5.41 Å². The van der Waals surface area contributed by atoms with Crippen LogP contribution in [-0.2, 0) is 27.2 Å². The van der Waals surface area contributed by atoms with Crippen molar-refractivity contribution in [2.24, 2.45) is 5.41 Å². The second kappa shape index (κ2) is 5.43. The second-order valence-electron chi connectivity index (χ2n) is 6.17. The van der Waals surface area contributed by atoms with Crippen LogP contribution in [0.5, 0.6) is 0 Å². The molecule has 1 amide bonds. The zero-order valence-corrected chi connectivity index (χ0v) is 13.8. The second-order valence-corrected chi connectivity index (χ2v) is 7.66. The van der Waals surface area contributed by atoms with Crippen molar-refractivity contribution in [3.05, 3.63) is 29.3 Å². The quantitative estimate of drug-likeness (QED) is 0.675. The SMILES string of the molecule is C[C@]1(C(=O)OCC(=O)Nc2ccc3c(c2)CCC3)CC1(Cl)Cl. The molecule has 4 nitrogen and oxygen atoms in total. The van der Waals surface area contributed by atoms with Crippen molar-refractivity contribution in [2.45, 2.75) is 36.9 Å². The Morgan fingerprint density at radius 1 is 1.27 bits per heavy atom. The first-order valence-electron chi connectivity index (χ1n) is 7.28. The molecule has 1 saturated carbocycles. The summed E-state index contributed by atoms with van der Waals surface area (Å²) in [6, 6.07) is 5.88. The van der Waals surface area contributed by atoms with Crippen LogP contribution in [0.4, 0.5) is 5.69 Å². The fourth-order valence-corrected chi connectivity index (χ4v) is 3.45. The van der Waals surface area contributed by atoms with Crippen LogP contribution in [0.25, 0.3) is 0 Å². The van der Waals surface area contributed by atoms with E-state index in [4.69, 9.17) is 27.9 Å².